The molecule has 2 aliphatic rings. The Balaban J connectivity index is 1.60. The van der Waals surface area contributed by atoms with Gasteiger partial charge in [-0.05, 0) is 73.6 Å². The van der Waals surface area contributed by atoms with Gasteiger partial charge in [0.25, 0.3) is 0 Å². The van der Waals surface area contributed by atoms with Crippen LogP contribution in [0.1, 0.15) is 54.4 Å². The average Bonchev–Trinajstić information content (AvgIpc) is 3.31. The van der Waals surface area contributed by atoms with Gasteiger partial charge in [-0.3, -0.25) is 4.79 Å². The summed E-state index contributed by atoms with van der Waals surface area (Å²) in [5.41, 5.74) is 2.62. The van der Waals surface area contributed by atoms with Crippen LogP contribution < -0.4 is 11.1 Å². The second kappa shape index (κ2) is 9.33. The van der Waals surface area contributed by atoms with E-state index in [2.05, 4.69) is 5.32 Å². The zero-order valence-corrected chi connectivity index (χ0v) is 19.2. The Labute approximate surface area is 203 Å². The highest BCUT2D eigenvalue weighted by atomic mass is 19.4. The van der Waals surface area contributed by atoms with Crippen molar-refractivity contribution < 1.29 is 40.3 Å². The normalized spacial score (nSPS) is 29.0. The summed E-state index contributed by atoms with van der Waals surface area (Å²) in [7, 11) is 0. The zero-order valence-electron chi connectivity index (χ0n) is 19.2. The van der Waals surface area contributed by atoms with Crippen LogP contribution in [0, 0.1) is 11.7 Å². The Kier molecular flexibility index (Phi) is 6.85. The molecule has 0 bridgehead atoms. The fourth-order valence-corrected chi connectivity index (χ4v) is 5.28. The topological polar surface area (TPSA) is 64.3 Å². The number of nitrogens with one attached hydrogen (secondary N) is 1. The van der Waals surface area contributed by atoms with Gasteiger partial charge in [0.2, 0.25) is 5.91 Å². The Bertz CT molecular complexity index is 1080. The molecule has 0 aromatic heterocycles. The summed E-state index contributed by atoms with van der Waals surface area (Å²) >= 11 is 0. The van der Waals surface area contributed by atoms with Crippen LogP contribution in [0.2, 0.25) is 0 Å². The van der Waals surface area contributed by atoms with Gasteiger partial charge < -0.3 is 15.8 Å². The van der Waals surface area contributed by atoms with Crippen LogP contribution in [0.3, 0.4) is 0 Å². The van der Waals surface area contributed by atoms with Gasteiger partial charge in [-0.1, -0.05) is 12.1 Å². The van der Waals surface area contributed by atoms with Gasteiger partial charge in [-0.15, -0.1) is 0 Å². The lowest BCUT2D eigenvalue weighted by Gasteiger charge is -2.30. The molecule has 196 valence electrons. The maximum atomic E-state index is 13.6. The predicted octanol–water partition coefficient (Wildman–Crippen LogP) is 5.55. The molecule has 1 amide bonds. The second-order valence-corrected chi connectivity index (χ2v) is 9.78. The maximum absolute atomic E-state index is 13.6. The number of alkyl halides is 6. The van der Waals surface area contributed by atoms with Gasteiger partial charge in [0.15, 0.2) is 0 Å². The lowest BCUT2D eigenvalue weighted by Crippen LogP contribution is -2.43. The van der Waals surface area contributed by atoms with Gasteiger partial charge in [0.1, 0.15) is 5.82 Å². The molecule has 0 spiro atoms. The molecule has 4 nitrogen and oxygen atoms in total. The molecule has 0 unspecified atom stereocenters. The molecule has 1 heterocycles. The fraction of sp³-hybridized carbons (Fsp3) is 0.480. The van der Waals surface area contributed by atoms with E-state index in [9.17, 15) is 35.5 Å². The van der Waals surface area contributed by atoms with Crippen molar-refractivity contribution in [3.05, 3.63) is 70.5 Å². The molecule has 3 N–H and O–H groups in total. The van der Waals surface area contributed by atoms with Crippen molar-refractivity contribution in [1.29, 1.82) is 0 Å². The third kappa shape index (κ3) is 5.51. The van der Waals surface area contributed by atoms with Gasteiger partial charge in [0.05, 0.1) is 29.4 Å². The summed E-state index contributed by atoms with van der Waals surface area (Å²) < 4.78 is 98.9. The zero-order chi connectivity index (χ0) is 26.5. The summed E-state index contributed by atoms with van der Waals surface area (Å²) in [4.78, 5) is 12.3. The Morgan fingerprint density at radius 1 is 1.00 bits per heavy atom. The number of rotatable bonds is 5. The summed E-state index contributed by atoms with van der Waals surface area (Å²) in [5, 5.41) is 2.90. The van der Waals surface area contributed by atoms with Crippen LogP contribution in [0.5, 0.6) is 0 Å². The standard InChI is InChI=1S/C25H25F7N2O2/c1-23(33)11-19(34-22(23)35)18-6-7-20(21(18)14-2-4-17(26)5-3-14)36-12-13-8-15(24(27,28)29)10-16(9-13)25(30,31)32/h2-5,8-10,18-21H,6-7,11-12,33H2,1H3,(H,34,35)/t18-,19+,20-,21-,23-/m0/s1. The third-order valence-corrected chi connectivity index (χ3v) is 7.01. The third-order valence-electron chi connectivity index (χ3n) is 7.01. The van der Waals surface area contributed by atoms with E-state index in [1.807, 2.05) is 0 Å². The van der Waals surface area contributed by atoms with Crippen LogP contribution in [0.25, 0.3) is 0 Å². The monoisotopic (exact) mass is 518 g/mol. The summed E-state index contributed by atoms with van der Waals surface area (Å²) in [6.07, 6.45) is -9.12. The van der Waals surface area contributed by atoms with Gasteiger partial charge in [-0.2, -0.15) is 26.3 Å². The van der Waals surface area contributed by atoms with Gasteiger partial charge in [0, 0.05) is 12.0 Å². The van der Waals surface area contributed by atoms with E-state index in [1.165, 1.54) is 12.1 Å². The molecule has 4 rings (SSSR count). The number of halogens is 7. The van der Waals surface area contributed by atoms with Crippen molar-refractivity contribution in [2.24, 2.45) is 11.7 Å². The molecule has 2 aromatic carbocycles. The van der Waals surface area contributed by atoms with Crippen molar-refractivity contribution in [3.8, 4) is 0 Å². The number of amides is 1. The number of hydrogen-bond donors (Lipinski definition) is 2. The molecule has 2 fully saturated rings. The first-order valence-electron chi connectivity index (χ1n) is 11.4. The van der Waals surface area contributed by atoms with Crippen LogP contribution >= 0.6 is 0 Å². The number of carbonyl (C=O) groups is 1. The first-order chi connectivity index (χ1) is 16.6. The smallest absolute Gasteiger partial charge is 0.373 e. The summed E-state index contributed by atoms with van der Waals surface area (Å²) in [6.45, 7) is 1.14. The molecule has 36 heavy (non-hydrogen) atoms. The number of carbonyl (C=O) groups excluding carboxylic acids is 1. The minimum Gasteiger partial charge on any atom is -0.373 e. The van der Waals surface area contributed by atoms with E-state index in [0.29, 0.717) is 37.0 Å². The quantitative estimate of drug-likeness (QED) is 0.511. The summed E-state index contributed by atoms with van der Waals surface area (Å²) in [6, 6.07) is 6.73. The molecule has 1 saturated carbocycles. The fourth-order valence-electron chi connectivity index (χ4n) is 5.28. The molecule has 2 aromatic rings. The minimum atomic E-state index is -4.96. The first-order valence-corrected chi connectivity index (χ1v) is 11.4. The highest BCUT2D eigenvalue weighted by Gasteiger charge is 2.49. The predicted molar refractivity (Wildman–Crippen MR) is 116 cm³/mol. The minimum absolute atomic E-state index is 0.0724. The van der Waals surface area contributed by atoms with Crippen molar-refractivity contribution in [2.45, 2.75) is 68.7 Å². The highest BCUT2D eigenvalue weighted by molar-refractivity contribution is 5.88. The molecule has 11 heteroatoms. The second-order valence-electron chi connectivity index (χ2n) is 9.78. The number of ether oxygens (including phenoxy) is 1. The van der Waals surface area contributed by atoms with Crippen LogP contribution in [0.15, 0.2) is 42.5 Å². The van der Waals surface area contributed by atoms with Crippen molar-refractivity contribution in [1.82, 2.24) is 5.32 Å². The van der Waals surface area contributed by atoms with E-state index < -0.39 is 47.5 Å². The molecular formula is C25H25F7N2O2. The van der Waals surface area contributed by atoms with Gasteiger partial charge >= 0.3 is 12.4 Å². The largest absolute Gasteiger partial charge is 0.416 e. The average molecular weight is 518 g/mol. The van der Waals surface area contributed by atoms with Crippen molar-refractivity contribution in [2.75, 3.05) is 0 Å². The van der Waals surface area contributed by atoms with E-state index in [1.54, 1.807) is 19.1 Å². The highest BCUT2D eigenvalue weighted by Crippen LogP contribution is 2.46. The molecule has 1 saturated heterocycles. The number of hydrogen-bond acceptors (Lipinski definition) is 3. The van der Waals surface area contributed by atoms with Gasteiger partial charge in [-0.25, -0.2) is 4.39 Å². The maximum Gasteiger partial charge on any atom is 0.416 e. The van der Waals surface area contributed by atoms with E-state index in [0.717, 1.165) is 0 Å². The van der Waals surface area contributed by atoms with Crippen molar-refractivity contribution in [3.63, 3.8) is 0 Å². The molecule has 1 aliphatic carbocycles. The van der Waals surface area contributed by atoms with Crippen LogP contribution in [-0.2, 0) is 28.5 Å². The van der Waals surface area contributed by atoms with Crippen LogP contribution in [0.4, 0.5) is 30.7 Å². The SMILES string of the molecule is C[C@]1(N)C[C@H]([C@@H]2CC[C@H](OCc3cc(C(F)(F)F)cc(C(F)(F)F)c3)[C@H]2c2ccc(F)cc2)NC1=O. The number of nitrogens with two attached hydrogens (primary N) is 1. The Morgan fingerprint density at radius 3 is 2.08 bits per heavy atom. The van der Waals surface area contributed by atoms with Crippen molar-refractivity contribution >= 4 is 5.91 Å². The van der Waals surface area contributed by atoms with E-state index in [-0.39, 0.29) is 35.4 Å². The van der Waals surface area contributed by atoms with E-state index >= 15 is 0 Å². The molecule has 1 aliphatic heterocycles. The Morgan fingerprint density at radius 2 is 1.58 bits per heavy atom. The summed E-state index contributed by atoms with van der Waals surface area (Å²) in [5.74, 6) is -1.31. The lowest BCUT2D eigenvalue weighted by atomic mass is 9.81. The number of benzene rings is 2. The molecule has 5 atom stereocenters. The first kappa shape index (κ1) is 26.4. The van der Waals surface area contributed by atoms with Crippen LogP contribution in [-0.4, -0.2) is 23.6 Å². The van der Waals surface area contributed by atoms with E-state index in [4.69, 9.17) is 10.5 Å². The molecular weight excluding hydrogens is 493 g/mol. The Hall–Kier alpha value is -2.66. The lowest BCUT2D eigenvalue weighted by molar-refractivity contribution is -0.143. The molecule has 0 radical (unpaired) electrons.